The van der Waals surface area contributed by atoms with E-state index in [-0.39, 0.29) is 0 Å². The molecule has 2 nitrogen and oxygen atoms in total. The lowest BCUT2D eigenvalue weighted by molar-refractivity contribution is 0.408. The molecule has 0 saturated carbocycles. The summed E-state index contributed by atoms with van der Waals surface area (Å²) >= 11 is 0. The first kappa shape index (κ1) is 14.0. The Balaban J connectivity index is 2.37. The van der Waals surface area contributed by atoms with Gasteiger partial charge in [-0.15, -0.1) is 0 Å². The molecule has 1 N–H and O–H groups in total. The predicted octanol–water partition coefficient (Wildman–Crippen LogP) is 3.32. The smallest absolute Gasteiger partial charge is 0.122 e. The number of methoxy groups -OCH3 is 1. The van der Waals surface area contributed by atoms with Gasteiger partial charge in [-0.25, -0.2) is 0 Å². The Kier molecular flexibility index (Phi) is 6.06. The minimum atomic E-state index is 0.587. The van der Waals surface area contributed by atoms with Crippen molar-refractivity contribution < 1.29 is 4.74 Å². The van der Waals surface area contributed by atoms with E-state index in [0.29, 0.717) is 6.04 Å². The Morgan fingerprint density at radius 3 is 2.65 bits per heavy atom. The number of hydrogen-bond acceptors (Lipinski definition) is 2. The van der Waals surface area contributed by atoms with E-state index in [0.717, 1.165) is 18.7 Å². The molecule has 0 aromatic heterocycles. The number of rotatable bonds is 7. The van der Waals surface area contributed by atoms with E-state index in [9.17, 15) is 0 Å². The lowest BCUT2D eigenvalue weighted by Crippen LogP contribution is -2.23. The first-order valence-corrected chi connectivity index (χ1v) is 6.50. The van der Waals surface area contributed by atoms with Gasteiger partial charge in [0.25, 0.3) is 0 Å². The molecular weight excluding hydrogens is 210 g/mol. The second kappa shape index (κ2) is 7.33. The number of ether oxygens (including phenoxy) is 1. The molecule has 0 aliphatic carbocycles. The molecule has 0 spiro atoms. The average Bonchev–Trinajstić information content (AvgIpc) is 2.28. The molecule has 96 valence electrons. The maximum absolute atomic E-state index is 5.38. The van der Waals surface area contributed by atoms with E-state index in [1.807, 2.05) is 0 Å². The first-order valence-electron chi connectivity index (χ1n) is 6.50. The Labute approximate surface area is 105 Å². The van der Waals surface area contributed by atoms with Crippen LogP contribution >= 0.6 is 0 Å². The minimum absolute atomic E-state index is 0.587. The van der Waals surface area contributed by atoms with Gasteiger partial charge in [0, 0.05) is 6.04 Å². The number of unbranched alkanes of at least 4 members (excludes halogenated alkanes) is 1. The van der Waals surface area contributed by atoms with Crippen LogP contribution < -0.4 is 10.1 Å². The molecule has 0 heterocycles. The molecule has 0 bridgehead atoms. The third kappa shape index (κ3) is 5.22. The normalized spacial score (nSPS) is 10.9. The summed E-state index contributed by atoms with van der Waals surface area (Å²) in [7, 11) is 1.74. The fourth-order valence-corrected chi connectivity index (χ4v) is 1.93. The van der Waals surface area contributed by atoms with Crippen LogP contribution in [0.1, 0.15) is 37.8 Å². The summed E-state index contributed by atoms with van der Waals surface area (Å²) in [4.78, 5) is 0. The van der Waals surface area contributed by atoms with E-state index in [4.69, 9.17) is 4.74 Å². The molecule has 0 amide bonds. The van der Waals surface area contributed by atoms with Gasteiger partial charge in [-0.05, 0) is 44.4 Å². The van der Waals surface area contributed by atoms with Crippen LogP contribution in [0.5, 0.6) is 5.75 Å². The van der Waals surface area contributed by atoms with Gasteiger partial charge in [0.1, 0.15) is 5.75 Å². The van der Waals surface area contributed by atoms with Crippen LogP contribution in [-0.2, 0) is 6.42 Å². The topological polar surface area (TPSA) is 21.3 Å². The molecule has 0 saturated heterocycles. The summed E-state index contributed by atoms with van der Waals surface area (Å²) in [5.74, 6) is 1.02. The summed E-state index contributed by atoms with van der Waals surface area (Å²) in [6.45, 7) is 7.60. The molecule has 1 rings (SSSR count). The molecule has 0 aliphatic rings. The molecule has 0 aliphatic heterocycles. The van der Waals surface area contributed by atoms with Crippen molar-refractivity contribution in [2.45, 2.75) is 46.1 Å². The molecule has 0 atom stereocenters. The number of aryl methyl sites for hydroxylation is 2. The highest BCUT2D eigenvalue weighted by Crippen LogP contribution is 2.21. The molecule has 0 radical (unpaired) electrons. The SMILES string of the molecule is COc1ccc(C)cc1CCCCNC(C)C. The fourth-order valence-electron chi connectivity index (χ4n) is 1.93. The number of nitrogens with one attached hydrogen (secondary N) is 1. The van der Waals surface area contributed by atoms with Crippen molar-refractivity contribution in [1.82, 2.24) is 5.32 Å². The van der Waals surface area contributed by atoms with Gasteiger partial charge in [-0.3, -0.25) is 0 Å². The van der Waals surface area contributed by atoms with E-state index in [2.05, 4.69) is 44.3 Å². The number of benzene rings is 1. The van der Waals surface area contributed by atoms with Gasteiger partial charge < -0.3 is 10.1 Å². The van der Waals surface area contributed by atoms with Gasteiger partial charge >= 0.3 is 0 Å². The van der Waals surface area contributed by atoms with Gasteiger partial charge in [0.2, 0.25) is 0 Å². The Hall–Kier alpha value is -1.02. The second-order valence-electron chi connectivity index (χ2n) is 4.88. The third-order valence-electron chi connectivity index (χ3n) is 2.86. The van der Waals surface area contributed by atoms with Gasteiger partial charge in [-0.2, -0.15) is 0 Å². The van der Waals surface area contributed by atoms with E-state index < -0.39 is 0 Å². The largest absolute Gasteiger partial charge is 0.496 e. The van der Waals surface area contributed by atoms with Crippen LogP contribution in [0.15, 0.2) is 18.2 Å². The van der Waals surface area contributed by atoms with Crippen molar-refractivity contribution in [1.29, 1.82) is 0 Å². The van der Waals surface area contributed by atoms with Crippen LogP contribution in [-0.4, -0.2) is 19.7 Å². The Morgan fingerprint density at radius 2 is 2.00 bits per heavy atom. The third-order valence-corrected chi connectivity index (χ3v) is 2.86. The zero-order valence-electron chi connectivity index (χ0n) is 11.5. The average molecular weight is 235 g/mol. The summed E-state index contributed by atoms with van der Waals surface area (Å²) in [5, 5.41) is 3.44. The van der Waals surface area contributed by atoms with Gasteiger partial charge in [0.15, 0.2) is 0 Å². The van der Waals surface area contributed by atoms with E-state index >= 15 is 0 Å². The minimum Gasteiger partial charge on any atom is -0.496 e. The summed E-state index contributed by atoms with van der Waals surface area (Å²) in [6.07, 6.45) is 3.53. The lowest BCUT2D eigenvalue weighted by Gasteiger charge is -2.10. The quantitative estimate of drug-likeness (QED) is 0.732. The maximum Gasteiger partial charge on any atom is 0.122 e. The molecule has 1 aromatic rings. The first-order chi connectivity index (χ1) is 8.13. The highest BCUT2D eigenvalue weighted by molar-refractivity contribution is 5.36. The zero-order valence-corrected chi connectivity index (χ0v) is 11.5. The second-order valence-corrected chi connectivity index (χ2v) is 4.88. The standard InChI is InChI=1S/C15H25NO/c1-12(2)16-10-6-5-7-14-11-13(3)8-9-15(14)17-4/h8-9,11-12,16H,5-7,10H2,1-4H3. The van der Waals surface area contributed by atoms with Gasteiger partial charge in [-0.1, -0.05) is 31.5 Å². The van der Waals surface area contributed by atoms with E-state index in [1.54, 1.807) is 7.11 Å². The van der Waals surface area contributed by atoms with Crippen molar-refractivity contribution in [3.63, 3.8) is 0 Å². The predicted molar refractivity (Wildman–Crippen MR) is 73.8 cm³/mol. The van der Waals surface area contributed by atoms with Crippen LogP contribution in [0.3, 0.4) is 0 Å². The monoisotopic (exact) mass is 235 g/mol. The van der Waals surface area contributed by atoms with Crippen molar-refractivity contribution >= 4 is 0 Å². The van der Waals surface area contributed by atoms with Crippen LogP contribution in [0.25, 0.3) is 0 Å². The summed E-state index contributed by atoms with van der Waals surface area (Å²) in [6, 6.07) is 6.98. The molecule has 0 unspecified atom stereocenters. The zero-order chi connectivity index (χ0) is 12.7. The van der Waals surface area contributed by atoms with Gasteiger partial charge in [0.05, 0.1) is 7.11 Å². The molecular formula is C15H25NO. The molecule has 1 aromatic carbocycles. The van der Waals surface area contributed by atoms with Crippen molar-refractivity contribution in [2.24, 2.45) is 0 Å². The molecule has 2 heteroatoms. The van der Waals surface area contributed by atoms with Crippen molar-refractivity contribution in [2.75, 3.05) is 13.7 Å². The lowest BCUT2D eigenvalue weighted by atomic mass is 10.0. The molecule has 0 fully saturated rings. The van der Waals surface area contributed by atoms with E-state index in [1.165, 1.54) is 24.0 Å². The Morgan fingerprint density at radius 1 is 1.24 bits per heavy atom. The van der Waals surface area contributed by atoms with Crippen LogP contribution in [0.2, 0.25) is 0 Å². The van der Waals surface area contributed by atoms with Crippen molar-refractivity contribution in [3.8, 4) is 5.75 Å². The summed E-state index contributed by atoms with van der Waals surface area (Å²) in [5.41, 5.74) is 2.64. The highest BCUT2D eigenvalue weighted by atomic mass is 16.5. The summed E-state index contributed by atoms with van der Waals surface area (Å²) < 4.78 is 5.38. The highest BCUT2D eigenvalue weighted by Gasteiger charge is 2.02. The van der Waals surface area contributed by atoms with Crippen molar-refractivity contribution in [3.05, 3.63) is 29.3 Å². The van der Waals surface area contributed by atoms with Crippen LogP contribution in [0.4, 0.5) is 0 Å². The fraction of sp³-hybridized carbons (Fsp3) is 0.600. The Bertz CT molecular complexity index is 334. The maximum atomic E-state index is 5.38. The number of hydrogen-bond donors (Lipinski definition) is 1. The molecule has 17 heavy (non-hydrogen) atoms. The van der Waals surface area contributed by atoms with Crippen LogP contribution in [0, 0.1) is 6.92 Å².